The molecule has 1 aliphatic rings. The van der Waals surface area contributed by atoms with Crippen LogP contribution < -0.4 is 10.1 Å². The Labute approximate surface area is 145 Å². The number of ether oxygens (including phenoxy) is 1. The van der Waals surface area contributed by atoms with Crippen LogP contribution in [0.4, 0.5) is 0 Å². The minimum absolute atomic E-state index is 0.0530. The molecule has 0 atom stereocenters. The highest BCUT2D eigenvalue weighted by Gasteiger charge is 2.14. The van der Waals surface area contributed by atoms with Crippen LogP contribution in [-0.4, -0.2) is 24.8 Å². The number of benzene rings is 2. The molecule has 3 rings (SSSR count). The molecular weight excluding hydrogens is 320 g/mol. The fraction of sp³-hybridized carbons (Fsp3) is 0.263. The van der Waals surface area contributed by atoms with Crippen LogP contribution in [0.2, 0.25) is 0 Å². The molecule has 2 aromatic rings. The molecule has 1 N–H and O–H groups in total. The highest BCUT2D eigenvalue weighted by molar-refractivity contribution is 7.98. The number of hydrogen-bond acceptors (Lipinski definition) is 4. The molecule has 1 heterocycles. The van der Waals surface area contributed by atoms with E-state index in [4.69, 9.17) is 10.00 Å². The molecule has 0 fully saturated rings. The third kappa shape index (κ3) is 3.90. The van der Waals surface area contributed by atoms with E-state index in [2.05, 4.69) is 11.4 Å². The van der Waals surface area contributed by atoms with Gasteiger partial charge in [-0.15, -0.1) is 0 Å². The Hall–Kier alpha value is -2.45. The number of thioether (sulfide) groups is 1. The number of nitriles is 1. The minimum Gasteiger partial charge on any atom is -0.493 e. The highest BCUT2D eigenvalue weighted by atomic mass is 32.2. The van der Waals surface area contributed by atoms with Crippen molar-refractivity contribution in [1.82, 2.24) is 5.32 Å². The van der Waals surface area contributed by atoms with Gasteiger partial charge in [0.05, 0.1) is 18.2 Å². The molecule has 24 heavy (non-hydrogen) atoms. The molecule has 1 amide bonds. The Morgan fingerprint density at radius 2 is 2.17 bits per heavy atom. The van der Waals surface area contributed by atoms with Gasteiger partial charge in [-0.1, -0.05) is 18.2 Å². The molecule has 0 saturated heterocycles. The predicted octanol–water partition coefficient (Wildman–Crippen LogP) is 3.16. The Bertz CT molecular complexity index is 783. The topological polar surface area (TPSA) is 62.1 Å². The molecule has 0 spiro atoms. The lowest BCUT2D eigenvalue weighted by molar-refractivity contribution is 0.0956. The van der Waals surface area contributed by atoms with Crippen LogP contribution in [0.3, 0.4) is 0 Å². The van der Waals surface area contributed by atoms with Crippen molar-refractivity contribution < 1.29 is 9.53 Å². The summed E-state index contributed by atoms with van der Waals surface area (Å²) in [7, 11) is 0. The summed E-state index contributed by atoms with van der Waals surface area (Å²) < 4.78 is 5.45. The maximum Gasteiger partial charge on any atom is 0.251 e. The van der Waals surface area contributed by atoms with E-state index in [0.29, 0.717) is 18.7 Å². The number of fused-ring (bicyclic) bond motifs is 1. The van der Waals surface area contributed by atoms with Gasteiger partial charge in [0.15, 0.2) is 0 Å². The van der Waals surface area contributed by atoms with E-state index in [9.17, 15) is 4.79 Å². The molecule has 0 saturated carbocycles. The van der Waals surface area contributed by atoms with Crippen LogP contribution in [0.5, 0.6) is 5.75 Å². The normalized spacial score (nSPS) is 12.1. The Kier molecular flexibility index (Phi) is 5.39. The first-order valence-corrected chi connectivity index (χ1v) is 9.03. The maximum absolute atomic E-state index is 12.2. The second-order valence-electron chi connectivity index (χ2n) is 5.50. The summed E-state index contributed by atoms with van der Waals surface area (Å²) in [5.74, 6) is 2.41. The lowest BCUT2D eigenvalue weighted by Gasteiger charge is -2.07. The summed E-state index contributed by atoms with van der Waals surface area (Å²) in [5, 5.41) is 12.0. The fourth-order valence-electron chi connectivity index (χ4n) is 2.60. The first-order chi connectivity index (χ1) is 11.8. The predicted molar refractivity (Wildman–Crippen MR) is 95.3 cm³/mol. The zero-order chi connectivity index (χ0) is 16.8. The number of carbonyl (C=O) groups excluding carboxylic acids is 1. The molecule has 0 unspecified atom stereocenters. The minimum atomic E-state index is -0.0530. The third-order valence-corrected chi connectivity index (χ3v) is 4.89. The monoisotopic (exact) mass is 338 g/mol. The Morgan fingerprint density at radius 3 is 3.04 bits per heavy atom. The highest BCUT2D eigenvalue weighted by Crippen LogP contribution is 2.25. The van der Waals surface area contributed by atoms with Crippen LogP contribution in [0.25, 0.3) is 0 Å². The molecule has 0 aromatic heterocycles. The van der Waals surface area contributed by atoms with E-state index >= 15 is 0 Å². The van der Waals surface area contributed by atoms with Crippen LogP contribution in [0.1, 0.15) is 27.0 Å². The van der Waals surface area contributed by atoms with Gasteiger partial charge in [0, 0.05) is 30.0 Å². The summed E-state index contributed by atoms with van der Waals surface area (Å²) >= 11 is 1.71. The van der Waals surface area contributed by atoms with Crippen molar-refractivity contribution in [3.05, 3.63) is 64.7 Å². The van der Waals surface area contributed by atoms with Crippen molar-refractivity contribution in [2.24, 2.45) is 0 Å². The average Bonchev–Trinajstić information content (AvgIpc) is 3.09. The van der Waals surface area contributed by atoms with E-state index in [0.717, 1.165) is 40.4 Å². The summed E-state index contributed by atoms with van der Waals surface area (Å²) in [4.78, 5) is 12.2. The van der Waals surface area contributed by atoms with Crippen molar-refractivity contribution in [3.8, 4) is 11.8 Å². The summed E-state index contributed by atoms with van der Waals surface area (Å²) in [6, 6.07) is 15.4. The molecule has 5 heteroatoms. The van der Waals surface area contributed by atoms with Gasteiger partial charge >= 0.3 is 0 Å². The van der Waals surface area contributed by atoms with Gasteiger partial charge in [0.25, 0.3) is 5.91 Å². The van der Waals surface area contributed by atoms with E-state index in [1.807, 2.05) is 36.4 Å². The standard InChI is InChI=1S/C19H18N2O2S/c20-12-16-3-1-2-4-17(16)13-24-10-8-21-19(22)15-5-6-18-14(11-15)7-9-23-18/h1-6,11H,7-10,13H2,(H,21,22). The van der Waals surface area contributed by atoms with Crippen LogP contribution >= 0.6 is 11.8 Å². The second-order valence-corrected chi connectivity index (χ2v) is 6.60. The van der Waals surface area contributed by atoms with Crippen molar-refractivity contribution >= 4 is 17.7 Å². The largest absolute Gasteiger partial charge is 0.493 e. The Balaban J connectivity index is 1.43. The third-order valence-electron chi connectivity index (χ3n) is 3.88. The SMILES string of the molecule is N#Cc1ccccc1CSCCNC(=O)c1ccc2c(c1)CCO2. The van der Waals surface area contributed by atoms with Crippen molar-refractivity contribution in [2.45, 2.75) is 12.2 Å². The summed E-state index contributed by atoms with van der Waals surface area (Å²) in [5.41, 5.74) is 3.54. The smallest absolute Gasteiger partial charge is 0.251 e. The second kappa shape index (κ2) is 7.89. The quantitative estimate of drug-likeness (QED) is 0.822. The van der Waals surface area contributed by atoms with Crippen molar-refractivity contribution in [2.75, 3.05) is 18.9 Å². The molecule has 0 aliphatic carbocycles. The van der Waals surface area contributed by atoms with E-state index in [-0.39, 0.29) is 5.91 Å². The maximum atomic E-state index is 12.2. The molecule has 4 nitrogen and oxygen atoms in total. The zero-order valence-corrected chi connectivity index (χ0v) is 14.1. The van der Waals surface area contributed by atoms with Gasteiger partial charge in [-0.3, -0.25) is 4.79 Å². The average molecular weight is 338 g/mol. The molecule has 0 bridgehead atoms. The van der Waals surface area contributed by atoms with Gasteiger partial charge < -0.3 is 10.1 Å². The Morgan fingerprint density at radius 1 is 1.29 bits per heavy atom. The van der Waals surface area contributed by atoms with E-state index in [1.54, 1.807) is 17.8 Å². The fourth-order valence-corrected chi connectivity index (χ4v) is 3.47. The summed E-state index contributed by atoms with van der Waals surface area (Å²) in [6.45, 7) is 1.30. The van der Waals surface area contributed by atoms with Gasteiger partial charge in [-0.2, -0.15) is 17.0 Å². The molecular formula is C19H18N2O2S. The van der Waals surface area contributed by atoms with Crippen LogP contribution in [0, 0.1) is 11.3 Å². The number of carbonyl (C=O) groups is 1. The van der Waals surface area contributed by atoms with Crippen molar-refractivity contribution in [1.29, 1.82) is 5.26 Å². The van der Waals surface area contributed by atoms with E-state index in [1.165, 1.54) is 0 Å². The lowest BCUT2D eigenvalue weighted by Crippen LogP contribution is -2.25. The molecule has 0 radical (unpaired) electrons. The zero-order valence-electron chi connectivity index (χ0n) is 13.2. The van der Waals surface area contributed by atoms with Gasteiger partial charge in [-0.05, 0) is 35.4 Å². The van der Waals surface area contributed by atoms with E-state index < -0.39 is 0 Å². The molecule has 1 aliphatic heterocycles. The van der Waals surface area contributed by atoms with Gasteiger partial charge in [0.1, 0.15) is 5.75 Å². The van der Waals surface area contributed by atoms with Crippen LogP contribution in [0.15, 0.2) is 42.5 Å². The molecule has 122 valence electrons. The number of amides is 1. The first-order valence-electron chi connectivity index (χ1n) is 7.87. The lowest BCUT2D eigenvalue weighted by atomic mass is 10.1. The van der Waals surface area contributed by atoms with Crippen molar-refractivity contribution in [3.63, 3.8) is 0 Å². The van der Waals surface area contributed by atoms with Gasteiger partial charge in [0.2, 0.25) is 0 Å². The number of hydrogen-bond donors (Lipinski definition) is 1. The number of rotatable bonds is 6. The van der Waals surface area contributed by atoms with Crippen LogP contribution in [-0.2, 0) is 12.2 Å². The number of nitrogens with zero attached hydrogens (tertiary/aromatic N) is 1. The molecule has 2 aromatic carbocycles. The first kappa shape index (κ1) is 16.4. The number of nitrogens with one attached hydrogen (secondary N) is 1. The summed E-state index contributed by atoms with van der Waals surface area (Å²) in [6.07, 6.45) is 0.866. The van der Waals surface area contributed by atoms with Gasteiger partial charge in [-0.25, -0.2) is 0 Å².